The van der Waals surface area contributed by atoms with Gasteiger partial charge in [0.15, 0.2) is 5.96 Å². The van der Waals surface area contributed by atoms with E-state index in [0.717, 1.165) is 37.5 Å². The molecule has 2 aromatic carbocycles. The standard InChI is InChI=1S/C23H27ClN6O.HI/c1-25-23(27-19-11-14-30(15-12-19)20-8-3-2-4-9-20)26-13-10-21-28-22(29-31-21)17-6-5-7-18(24)16-17;/h2-9,16,19H,10-15H2,1H3,(H2,25,26,27);1H. The molecule has 2 heterocycles. The van der Waals surface area contributed by atoms with E-state index in [1.807, 2.05) is 24.3 Å². The van der Waals surface area contributed by atoms with E-state index in [9.17, 15) is 0 Å². The second kappa shape index (κ2) is 12.1. The Morgan fingerprint density at radius 3 is 2.66 bits per heavy atom. The number of para-hydroxylation sites is 1. The number of nitrogens with one attached hydrogen (secondary N) is 2. The molecule has 0 unspecified atom stereocenters. The van der Waals surface area contributed by atoms with Crippen LogP contribution in [0.4, 0.5) is 5.69 Å². The van der Waals surface area contributed by atoms with Gasteiger partial charge in [0.2, 0.25) is 11.7 Å². The first-order chi connectivity index (χ1) is 15.2. The molecular weight excluding hydrogens is 539 g/mol. The van der Waals surface area contributed by atoms with Crippen molar-refractivity contribution >= 4 is 47.2 Å². The van der Waals surface area contributed by atoms with Gasteiger partial charge in [-0.3, -0.25) is 4.99 Å². The number of benzene rings is 2. The summed E-state index contributed by atoms with van der Waals surface area (Å²) < 4.78 is 5.37. The van der Waals surface area contributed by atoms with Crippen LogP contribution in [-0.2, 0) is 6.42 Å². The smallest absolute Gasteiger partial charge is 0.228 e. The van der Waals surface area contributed by atoms with Crippen molar-refractivity contribution in [3.63, 3.8) is 0 Å². The summed E-state index contributed by atoms with van der Waals surface area (Å²) >= 11 is 6.04. The summed E-state index contributed by atoms with van der Waals surface area (Å²) in [6, 6.07) is 18.4. The number of aliphatic imine (C=N–C) groups is 1. The molecule has 0 spiro atoms. The average Bonchev–Trinajstić information content (AvgIpc) is 3.28. The molecular formula is C23H28ClIN6O. The number of hydrogen-bond donors (Lipinski definition) is 2. The lowest BCUT2D eigenvalue weighted by molar-refractivity contribution is 0.378. The highest BCUT2D eigenvalue weighted by Crippen LogP contribution is 2.20. The van der Waals surface area contributed by atoms with E-state index in [1.54, 1.807) is 7.05 Å². The Morgan fingerprint density at radius 1 is 1.16 bits per heavy atom. The maximum atomic E-state index is 6.04. The van der Waals surface area contributed by atoms with Crippen LogP contribution in [0.3, 0.4) is 0 Å². The van der Waals surface area contributed by atoms with Crippen molar-refractivity contribution in [1.82, 2.24) is 20.8 Å². The highest BCUT2D eigenvalue weighted by Gasteiger charge is 2.20. The molecule has 32 heavy (non-hydrogen) atoms. The largest absolute Gasteiger partial charge is 0.371 e. The second-order valence-corrected chi connectivity index (χ2v) is 7.95. The average molecular weight is 567 g/mol. The molecule has 1 saturated heterocycles. The Hall–Kier alpha value is -2.33. The van der Waals surface area contributed by atoms with Crippen LogP contribution in [0.2, 0.25) is 5.02 Å². The highest BCUT2D eigenvalue weighted by atomic mass is 127. The molecule has 4 rings (SSSR count). The molecule has 0 saturated carbocycles. The van der Waals surface area contributed by atoms with E-state index in [-0.39, 0.29) is 24.0 Å². The number of guanidine groups is 1. The number of hydrogen-bond acceptors (Lipinski definition) is 5. The number of halogens is 2. The van der Waals surface area contributed by atoms with Gasteiger partial charge in [0, 0.05) is 55.4 Å². The molecule has 1 aliphatic rings. The van der Waals surface area contributed by atoms with E-state index in [1.165, 1.54) is 5.69 Å². The van der Waals surface area contributed by atoms with Crippen LogP contribution in [0.1, 0.15) is 18.7 Å². The minimum atomic E-state index is 0. The zero-order valence-electron chi connectivity index (χ0n) is 18.0. The van der Waals surface area contributed by atoms with Crippen molar-refractivity contribution in [3.8, 4) is 11.4 Å². The van der Waals surface area contributed by atoms with Crippen molar-refractivity contribution in [2.24, 2.45) is 4.99 Å². The van der Waals surface area contributed by atoms with Crippen molar-refractivity contribution in [1.29, 1.82) is 0 Å². The van der Waals surface area contributed by atoms with Gasteiger partial charge in [-0.2, -0.15) is 4.98 Å². The fourth-order valence-electron chi connectivity index (χ4n) is 3.70. The molecule has 9 heteroatoms. The Kier molecular flexibility index (Phi) is 9.16. The Morgan fingerprint density at radius 2 is 1.94 bits per heavy atom. The molecule has 1 aliphatic heterocycles. The zero-order valence-corrected chi connectivity index (χ0v) is 21.1. The summed E-state index contributed by atoms with van der Waals surface area (Å²) in [5.41, 5.74) is 2.13. The van der Waals surface area contributed by atoms with Crippen LogP contribution >= 0.6 is 35.6 Å². The van der Waals surface area contributed by atoms with Gasteiger partial charge in [0.25, 0.3) is 0 Å². The molecule has 0 aliphatic carbocycles. The van der Waals surface area contributed by atoms with Crippen molar-refractivity contribution in [3.05, 3.63) is 65.5 Å². The Bertz CT molecular complexity index is 1000. The van der Waals surface area contributed by atoms with E-state index >= 15 is 0 Å². The third-order valence-corrected chi connectivity index (χ3v) is 5.60. The molecule has 7 nitrogen and oxygen atoms in total. The molecule has 2 N–H and O–H groups in total. The van der Waals surface area contributed by atoms with Gasteiger partial charge in [0.05, 0.1) is 0 Å². The number of anilines is 1. The topological polar surface area (TPSA) is 78.6 Å². The van der Waals surface area contributed by atoms with Crippen LogP contribution < -0.4 is 15.5 Å². The van der Waals surface area contributed by atoms with Crippen LogP contribution in [-0.4, -0.2) is 48.8 Å². The van der Waals surface area contributed by atoms with Gasteiger partial charge in [0.1, 0.15) is 0 Å². The van der Waals surface area contributed by atoms with E-state index in [4.69, 9.17) is 16.1 Å². The number of aromatic nitrogens is 2. The second-order valence-electron chi connectivity index (χ2n) is 7.51. The summed E-state index contributed by atoms with van der Waals surface area (Å²) in [4.78, 5) is 11.2. The first kappa shape index (κ1) is 24.3. The number of nitrogens with zero attached hydrogens (tertiary/aromatic N) is 4. The lowest BCUT2D eigenvalue weighted by Crippen LogP contribution is -2.49. The summed E-state index contributed by atoms with van der Waals surface area (Å²) in [6.45, 7) is 2.72. The van der Waals surface area contributed by atoms with Crippen molar-refractivity contribution < 1.29 is 4.52 Å². The van der Waals surface area contributed by atoms with E-state index in [2.05, 4.69) is 61.0 Å². The normalized spacial score (nSPS) is 14.7. The zero-order chi connectivity index (χ0) is 21.5. The van der Waals surface area contributed by atoms with Crippen molar-refractivity contribution in [2.45, 2.75) is 25.3 Å². The van der Waals surface area contributed by atoms with Crippen LogP contribution in [0.25, 0.3) is 11.4 Å². The fourth-order valence-corrected chi connectivity index (χ4v) is 3.89. The van der Waals surface area contributed by atoms with Gasteiger partial charge < -0.3 is 20.1 Å². The Balaban J connectivity index is 0.00000289. The predicted molar refractivity (Wildman–Crippen MR) is 140 cm³/mol. The van der Waals surface area contributed by atoms with Gasteiger partial charge in [-0.1, -0.05) is 47.1 Å². The summed E-state index contributed by atoms with van der Waals surface area (Å²) in [7, 11) is 1.79. The van der Waals surface area contributed by atoms with Gasteiger partial charge in [-0.15, -0.1) is 24.0 Å². The number of piperidine rings is 1. The minimum Gasteiger partial charge on any atom is -0.371 e. The molecule has 0 atom stereocenters. The van der Waals surface area contributed by atoms with Crippen LogP contribution in [0.15, 0.2) is 64.1 Å². The number of rotatable bonds is 6. The van der Waals surface area contributed by atoms with Crippen LogP contribution in [0.5, 0.6) is 0 Å². The molecule has 0 bridgehead atoms. The third-order valence-electron chi connectivity index (χ3n) is 5.36. The first-order valence-electron chi connectivity index (χ1n) is 10.6. The van der Waals surface area contributed by atoms with E-state index < -0.39 is 0 Å². The maximum absolute atomic E-state index is 6.04. The van der Waals surface area contributed by atoms with Crippen LogP contribution in [0, 0.1) is 0 Å². The third kappa shape index (κ3) is 6.59. The maximum Gasteiger partial charge on any atom is 0.228 e. The molecule has 0 radical (unpaired) electrons. The summed E-state index contributed by atoms with van der Waals surface area (Å²) in [5, 5.41) is 11.6. The highest BCUT2D eigenvalue weighted by molar-refractivity contribution is 14.0. The molecule has 170 valence electrons. The van der Waals surface area contributed by atoms with Gasteiger partial charge >= 0.3 is 0 Å². The molecule has 1 aromatic heterocycles. The van der Waals surface area contributed by atoms with Crippen molar-refractivity contribution in [2.75, 3.05) is 31.6 Å². The summed E-state index contributed by atoms with van der Waals surface area (Å²) in [5.74, 6) is 1.92. The summed E-state index contributed by atoms with van der Waals surface area (Å²) in [6.07, 6.45) is 2.76. The van der Waals surface area contributed by atoms with E-state index in [0.29, 0.717) is 35.7 Å². The predicted octanol–water partition coefficient (Wildman–Crippen LogP) is 4.38. The fraction of sp³-hybridized carbons (Fsp3) is 0.348. The van der Waals surface area contributed by atoms with Gasteiger partial charge in [-0.25, -0.2) is 0 Å². The first-order valence-corrected chi connectivity index (χ1v) is 10.9. The molecule has 1 fully saturated rings. The minimum absolute atomic E-state index is 0. The molecule has 0 amide bonds. The lowest BCUT2D eigenvalue weighted by Gasteiger charge is -2.34. The monoisotopic (exact) mass is 566 g/mol. The SMILES string of the molecule is CN=C(NCCc1nc(-c2cccc(Cl)c2)no1)NC1CCN(c2ccccc2)CC1.I. The Labute approximate surface area is 210 Å². The quantitative estimate of drug-likeness (QED) is 0.262. The molecule has 3 aromatic rings. The van der Waals surface area contributed by atoms with Gasteiger partial charge in [-0.05, 0) is 37.1 Å². The lowest BCUT2D eigenvalue weighted by atomic mass is 10.0.